The third-order valence-electron chi connectivity index (χ3n) is 5.41. The van der Waals surface area contributed by atoms with Gasteiger partial charge in [0, 0.05) is 52.1 Å². The van der Waals surface area contributed by atoms with Gasteiger partial charge in [0.05, 0.1) is 0 Å². The first kappa shape index (κ1) is 25.3. The van der Waals surface area contributed by atoms with Gasteiger partial charge in [-0.1, -0.05) is 6.07 Å². The summed E-state index contributed by atoms with van der Waals surface area (Å²) in [6.07, 6.45) is 3.01. The number of guanidine groups is 1. The van der Waals surface area contributed by atoms with E-state index in [1.165, 1.54) is 0 Å². The largest absolute Gasteiger partial charge is 0.385 e. The molecule has 2 aromatic rings. The van der Waals surface area contributed by atoms with Crippen LogP contribution in [0.25, 0.3) is 0 Å². The molecule has 31 heavy (non-hydrogen) atoms. The Hall–Kier alpha value is -1.95. The Bertz CT molecular complexity index is 833. The van der Waals surface area contributed by atoms with E-state index in [1.54, 1.807) is 7.11 Å². The highest BCUT2D eigenvalue weighted by molar-refractivity contribution is 14.0. The topological polar surface area (TPSA) is 92.5 Å². The molecule has 0 spiro atoms. The van der Waals surface area contributed by atoms with Gasteiger partial charge in [-0.05, 0) is 45.2 Å². The molecule has 0 aliphatic carbocycles. The molecule has 10 heteroatoms. The number of pyridine rings is 1. The van der Waals surface area contributed by atoms with Gasteiger partial charge >= 0.3 is 0 Å². The van der Waals surface area contributed by atoms with Crippen LogP contribution in [0.5, 0.6) is 0 Å². The number of methoxy groups -OCH3 is 1. The first-order valence-electron chi connectivity index (χ1n) is 10.6. The van der Waals surface area contributed by atoms with Crippen LogP contribution in [0.4, 0.5) is 5.82 Å². The summed E-state index contributed by atoms with van der Waals surface area (Å²) in [5, 5.41) is 15.4. The minimum absolute atomic E-state index is 0. The number of nitrogens with zero attached hydrogens (tertiary/aromatic N) is 6. The van der Waals surface area contributed by atoms with Crippen LogP contribution in [-0.2, 0) is 18.3 Å². The number of hydrogen-bond acceptors (Lipinski definition) is 6. The maximum atomic E-state index is 5.15. The monoisotopic (exact) mass is 542 g/mol. The van der Waals surface area contributed by atoms with Crippen molar-refractivity contribution in [2.75, 3.05) is 38.3 Å². The molecule has 0 amide bonds. The predicted octanol–water partition coefficient (Wildman–Crippen LogP) is 2.19. The number of aromatic nitrogens is 4. The second-order valence-electron chi connectivity index (χ2n) is 7.70. The molecule has 9 nitrogen and oxygen atoms in total. The standard InChI is InChI=1S/C21H34N8O.HI/c1-16-7-5-8-19(24-16)29-12-9-18(10-13-29)25-21(22-11-6-14-30-4)23-15-20-27-26-17(2)28(20)3;/h5,7-8,18H,6,9-15H2,1-4H3,(H2,22,23,25);1H. The van der Waals surface area contributed by atoms with Gasteiger partial charge in [-0.3, -0.25) is 0 Å². The van der Waals surface area contributed by atoms with Crippen molar-refractivity contribution in [3.8, 4) is 0 Å². The van der Waals surface area contributed by atoms with Crippen LogP contribution in [0.1, 0.15) is 36.6 Å². The summed E-state index contributed by atoms with van der Waals surface area (Å²) < 4.78 is 7.12. The zero-order valence-corrected chi connectivity index (χ0v) is 21.3. The number of aliphatic imine (C=N–C) groups is 1. The Morgan fingerprint density at radius 2 is 2.00 bits per heavy atom. The number of piperidine rings is 1. The van der Waals surface area contributed by atoms with Gasteiger partial charge < -0.3 is 24.8 Å². The summed E-state index contributed by atoms with van der Waals surface area (Å²) in [6, 6.07) is 6.58. The highest BCUT2D eigenvalue weighted by Gasteiger charge is 2.21. The van der Waals surface area contributed by atoms with E-state index in [0.717, 1.165) is 74.6 Å². The Labute approximate surface area is 202 Å². The maximum Gasteiger partial charge on any atom is 0.191 e. The van der Waals surface area contributed by atoms with Gasteiger partial charge in [0.1, 0.15) is 18.2 Å². The van der Waals surface area contributed by atoms with Crippen LogP contribution in [0.3, 0.4) is 0 Å². The molecule has 0 bridgehead atoms. The Morgan fingerprint density at radius 3 is 2.65 bits per heavy atom. The smallest absolute Gasteiger partial charge is 0.191 e. The summed E-state index contributed by atoms with van der Waals surface area (Å²) >= 11 is 0. The third-order valence-corrected chi connectivity index (χ3v) is 5.41. The van der Waals surface area contributed by atoms with Crippen LogP contribution < -0.4 is 15.5 Å². The zero-order valence-electron chi connectivity index (χ0n) is 19.0. The quantitative estimate of drug-likeness (QED) is 0.229. The summed E-state index contributed by atoms with van der Waals surface area (Å²) in [7, 11) is 3.69. The number of hydrogen-bond donors (Lipinski definition) is 2. The lowest BCUT2D eigenvalue weighted by Crippen LogP contribution is -2.49. The molecule has 3 rings (SSSR count). The van der Waals surface area contributed by atoms with Crippen LogP contribution >= 0.6 is 24.0 Å². The minimum Gasteiger partial charge on any atom is -0.385 e. The average Bonchev–Trinajstić information content (AvgIpc) is 3.07. The summed E-state index contributed by atoms with van der Waals surface area (Å²) in [5.74, 6) is 3.63. The average molecular weight is 542 g/mol. The Morgan fingerprint density at radius 1 is 1.23 bits per heavy atom. The Balaban J connectivity index is 0.00000341. The van der Waals surface area contributed by atoms with E-state index < -0.39 is 0 Å². The molecule has 1 aliphatic heterocycles. The van der Waals surface area contributed by atoms with Gasteiger partial charge in [0.15, 0.2) is 11.8 Å². The van der Waals surface area contributed by atoms with Gasteiger partial charge in [-0.2, -0.15) is 0 Å². The first-order valence-corrected chi connectivity index (χ1v) is 10.6. The molecule has 2 aromatic heterocycles. The SMILES string of the molecule is COCCCNC(=NCc1nnc(C)n1C)NC1CCN(c2cccc(C)n2)CC1.I. The molecule has 3 heterocycles. The fourth-order valence-electron chi connectivity index (χ4n) is 3.47. The molecular formula is C21H35IN8O. The molecule has 0 unspecified atom stereocenters. The van der Waals surface area contributed by atoms with Crippen LogP contribution in [0.2, 0.25) is 0 Å². The number of ether oxygens (including phenoxy) is 1. The molecule has 0 radical (unpaired) electrons. The summed E-state index contributed by atoms with van der Waals surface area (Å²) in [4.78, 5) is 11.8. The lowest BCUT2D eigenvalue weighted by Gasteiger charge is -2.34. The lowest BCUT2D eigenvalue weighted by molar-refractivity contribution is 0.195. The van der Waals surface area contributed by atoms with Gasteiger partial charge in [0.25, 0.3) is 0 Å². The minimum atomic E-state index is 0. The summed E-state index contributed by atoms with van der Waals surface area (Å²) in [5.41, 5.74) is 1.06. The second-order valence-corrected chi connectivity index (χ2v) is 7.70. The molecule has 0 saturated carbocycles. The van der Waals surface area contributed by atoms with E-state index in [2.05, 4.69) is 42.8 Å². The van der Waals surface area contributed by atoms with E-state index in [0.29, 0.717) is 12.6 Å². The number of nitrogens with one attached hydrogen (secondary N) is 2. The summed E-state index contributed by atoms with van der Waals surface area (Å²) in [6.45, 7) is 7.96. The Kier molecular flexibility index (Phi) is 10.4. The first-order chi connectivity index (χ1) is 14.6. The van der Waals surface area contributed by atoms with Crippen molar-refractivity contribution in [1.82, 2.24) is 30.4 Å². The molecule has 1 aliphatic rings. The molecule has 1 fully saturated rings. The molecule has 172 valence electrons. The van der Waals surface area contributed by atoms with Crippen molar-refractivity contribution in [1.29, 1.82) is 0 Å². The molecule has 2 N–H and O–H groups in total. The van der Waals surface area contributed by atoms with E-state index in [-0.39, 0.29) is 24.0 Å². The number of halogens is 1. The molecule has 0 atom stereocenters. The number of aryl methyl sites for hydroxylation is 2. The van der Waals surface area contributed by atoms with Gasteiger partial charge in [0.2, 0.25) is 0 Å². The van der Waals surface area contributed by atoms with E-state index in [1.807, 2.05) is 31.5 Å². The van der Waals surface area contributed by atoms with Crippen molar-refractivity contribution >= 4 is 35.8 Å². The van der Waals surface area contributed by atoms with Crippen LogP contribution in [-0.4, -0.2) is 65.1 Å². The van der Waals surface area contributed by atoms with Gasteiger partial charge in [-0.25, -0.2) is 9.98 Å². The fourth-order valence-corrected chi connectivity index (χ4v) is 3.47. The predicted molar refractivity (Wildman–Crippen MR) is 134 cm³/mol. The van der Waals surface area contributed by atoms with Crippen LogP contribution in [0, 0.1) is 13.8 Å². The highest BCUT2D eigenvalue weighted by Crippen LogP contribution is 2.18. The zero-order chi connectivity index (χ0) is 21.3. The molecule has 0 aromatic carbocycles. The van der Waals surface area contributed by atoms with Crippen molar-refractivity contribution in [3.05, 3.63) is 35.5 Å². The highest BCUT2D eigenvalue weighted by atomic mass is 127. The van der Waals surface area contributed by atoms with Gasteiger partial charge in [-0.15, -0.1) is 34.2 Å². The second kappa shape index (κ2) is 12.8. The maximum absolute atomic E-state index is 5.15. The van der Waals surface area contributed by atoms with Crippen molar-refractivity contribution in [2.45, 2.75) is 45.7 Å². The molecular weight excluding hydrogens is 507 g/mol. The third kappa shape index (κ3) is 7.60. The van der Waals surface area contributed by atoms with E-state index in [9.17, 15) is 0 Å². The normalized spacial score (nSPS) is 15.0. The van der Waals surface area contributed by atoms with Crippen molar-refractivity contribution in [3.63, 3.8) is 0 Å². The van der Waals surface area contributed by atoms with Crippen molar-refractivity contribution < 1.29 is 4.74 Å². The van der Waals surface area contributed by atoms with E-state index in [4.69, 9.17) is 9.73 Å². The number of anilines is 1. The van der Waals surface area contributed by atoms with E-state index >= 15 is 0 Å². The van der Waals surface area contributed by atoms with Crippen LogP contribution in [0.15, 0.2) is 23.2 Å². The lowest BCUT2D eigenvalue weighted by atomic mass is 10.1. The number of rotatable bonds is 8. The molecule has 1 saturated heterocycles. The van der Waals surface area contributed by atoms with Crippen molar-refractivity contribution in [2.24, 2.45) is 12.0 Å². The fraction of sp³-hybridized carbons (Fsp3) is 0.619.